The Hall–Kier alpha value is -3.28. The monoisotopic (exact) mass is 361 g/mol. The number of rotatable bonds is 6. The lowest BCUT2D eigenvalue weighted by atomic mass is 9.98. The molecule has 0 spiro atoms. The molecule has 138 valence electrons. The first-order valence-electron chi connectivity index (χ1n) is 8.88. The van der Waals surface area contributed by atoms with Crippen LogP contribution in [0.5, 0.6) is 0 Å². The lowest BCUT2D eigenvalue weighted by molar-refractivity contribution is 0.101. The van der Waals surface area contributed by atoms with Crippen molar-refractivity contribution in [3.8, 4) is 0 Å². The molecule has 6 nitrogen and oxygen atoms in total. The van der Waals surface area contributed by atoms with Crippen molar-refractivity contribution in [3.63, 3.8) is 0 Å². The minimum atomic E-state index is 0.00822. The molecule has 2 N–H and O–H groups in total. The molecule has 6 heteroatoms. The quantitative estimate of drug-likeness (QED) is 0.602. The molecular formula is C21H23N5O. The fraction of sp³-hybridized carbons (Fsp3) is 0.238. The first kappa shape index (κ1) is 18.5. The number of Topliss-reactive ketones (excluding diaryl/α,β-unsaturated/α-hetero) is 1. The Kier molecular flexibility index (Phi) is 5.45. The number of hydrogen-bond acceptors (Lipinski definition) is 6. The Bertz CT molecular complexity index is 968. The van der Waals surface area contributed by atoms with Gasteiger partial charge in [-0.3, -0.25) is 4.79 Å². The van der Waals surface area contributed by atoms with E-state index in [-0.39, 0.29) is 5.78 Å². The van der Waals surface area contributed by atoms with Gasteiger partial charge in [-0.1, -0.05) is 44.2 Å². The lowest BCUT2D eigenvalue weighted by Crippen LogP contribution is -2.05. The molecule has 0 atom stereocenters. The number of aromatic nitrogens is 3. The van der Waals surface area contributed by atoms with Crippen molar-refractivity contribution in [1.29, 1.82) is 0 Å². The van der Waals surface area contributed by atoms with Crippen LogP contribution in [0.1, 0.15) is 48.2 Å². The third-order valence-corrected chi connectivity index (χ3v) is 4.26. The SMILES string of the molecule is CC(=O)c1cccc(Nc2nncc(Nc3c(C)cccc3C(C)C)n2)c1. The Morgan fingerprint density at radius 3 is 2.59 bits per heavy atom. The summed E-state index contributed by atoms with van der Waals surface area (Å²) in [5.41, 5.74) is 4.77. The van der Waals surface area contributed by atoms with E-state index in [4.69, 9.17) is 0 Å². The molecule has 0 fully saturated rings. The van der Waals surface area contributed by atoms with E-state index in [1.54, 1.807) is 18.3 Å². The molecule has 2 aromatic carbocycles. The fourth-order valence-electron chi connectivity index (χ4n) is 2.83. The number of anilines is 4. The first-order chi connectivity index (χ1) is 12.9. The van der Waals surface area contributed by atoms with Crippen LogP contribution < -0.4 is 10.6 Å². The molecule has 0 bridgehead atoms. The van der Waals surface area contributed by atoms with Gasteiger partial charge >= 0.3 is 0 Å². The summed E-state index contributed by atoms with van der Waals surface area (Å²) in [6.07, 6.45) is 1.59. The predicted octanol–water partition coefficient (Wildman–Crippen LogP) is 4.99. The highest BCUT2D eigenvalue weighted by atomic mass is 16.1. The third-order valence-electron chi connectivity index (χ3n) is 4.26. The van der Waals surface area contributed by atoms with Gasteiger partial charge in [-0.25, -0.2) is 0 Å². The van der Waals surface area contributed by atoms with E-state index in [0.717, 1.165) is 16.9 Å². The fourth-order valence-corrected chi connectivity index (χ4v) is 2.83. The molecule has 0 saturated heterocycles. The maximum absolute atomic E-state index is 11.5. The Labute approximate surface area is 159 Å². The standard InChI is InChI=1S/C21H23N5O/c1-13(2)18-10-5-7-14(3)20(18)24-19-12-22-26-21(25-19)23-17-9-6-8-16(11-17)15(4)27/h5-13H,1-4H3,(H2,23,24,25,26). The van der Waals surface area contributed by atoms with Gasteiger partial charge in [-0.05, 0) is 43.0 Å². The number of hydrogen-bond donors (Lipinski definition) is 2. The molecule has 27 heavy (non-hydrogen) atoms. The molecule has 0 radical (unpaired) electrons. The van der Waals surface area contributed by atoms with Gasteiger partial charge in [-0.15, -0.1) is 5.10 Å². The Balaban J connectivity index is 1.85. The van der Waals surface area contributed by atoms with Gasteiger partial charge < -0.3 is 10.6 Å². The van der Waals surface area contributed by atoms with Crippen LogP contribution in [-0.4, -0.2) is 21.0 Å². The highest BCUT2D eigenvalue weighted by Gasteiger charge is 2.11. The summed E-state index contributed by atoms with van der Waals surface area (Å²) >= 11 is 0. The summed E-state index contributed by atoms with van der Waals surface area (Å²) in [6.45, 7) is 7.92. The summed E-state index contributed by atoms with van der Waals surface area (Å²) in [5, 5.41) is 14.5. The summed E-state index contributed by atoms with van der Waals surface area (Å²) in [5.74, 6) is 1.36. The molecule has 3 aromatic rings. The zero-order valence-electron chi connectivity index (χ0n) is 15.9. The average Bonchev–Trinajstić information content (AvgIpc) is 2.63. The van der Waals surface area contributed by atoms with Crippen LogP contribution in [0.25, 0.3) is 0 Å². The van der Waals surface area contributed by atoms with Crippen LogP contribution in [0, 0.1) is 6.92 Å². The van der Waals surface area contributed by atoms with E-state index in [0.29, 0.717) is 23.2 Å². The zero-order chi connectivity index (χ0) is 19.4. The molecule has 1 heterocycles. The summed E-state index contributed by atoms with van der Waals surface area (Å²) < 4.78 is 0. The van der Waals surface area contributed by atoms with Gasteiger partial charge in [0.05, 0.1) is 6.20 Å². The number of ketones is 1. The molecular weight excluding hydrogens is 338 g/mol. The number of aryl methyl sites for hydroxylation is 1. The van der Waals surface area contributed by atoms with Crippen molar-refractivity contribution in [3.05, 3.63) is 65.4 Å². The third kappa shape index (κ3) is 4.47. The Morgan fingerprint density at radius 1 is 1.07 bits per heavy atom. The largest absolute Gasteiger partial charge is 0.338 e. The van der Waals surface area contributed by atoms with Crippen LogP contribution >= 0.6 is 0 Å². The highest BCUT2D eigenvalue weighted by Crippen LogP contribution is 2.29. The van der Waals surface area contributed by atoms with Gasteiger partial charge in [0.1, 0.15) is 0 Å². The average molecular weight is 361 g/mol. The van der Waals surface area contributed by atoms with Gasteiger partial charge in [0.2, 0.25) is 5.95 Å². The maximum atomic E-state index is 11.5. The van der Waals surface area contributed by atoms with E-state index in [1.807, 2.05) is 12.1 Å². The van der Waals surface area contributed by atoms with Gasteiger partial charge in [0.25, 0.3) is 0 Å². The van der Waals surface area contributed by atoms with Crippen LogP contribution in [0.4, 0.5) is 23.1 Å². The molecule has 0 aliphatic rings. The van der Waals surface area contributed by atoms with Gasteiger partial charge in [0.15, 0.2) is 11.6 Å². The molecule has 0 aliphatic carbocycles. The number of carbonyl (C=O) groups excluding carboxylic acids is 1. The number of benzene rings is 2. The van der Waals surface area contributed by atoms with E-state index >= 15 is 0 Å². The lowest BCUT2D eigenvalue weighted by Gasteiger charge is -2.17. The van der Waals surface area contributed by atoms with E-state index in [9.17, 15) is 4.79 Å². The second kappa shape index (κ2) is 7.95. The minimum Gasteiger partial charge on any atom is -0.338 e. The predicted molar refractivity (Wildman–Crippen MR) is 108 cm³/mol. The Morgan fingerprint density at radius 2 is 1.85 bits per heavy atom. The normalized spacial score (nSPS) is 10.7. The van der Waals surface area contributed by atoms with Gasteiger partial charge in [0, 0.05) is 16.9 Å². The zero-order valence-corrected chi connectivity index (χ0v) is 15.9. The molecule has 3 rings (SSSR count). The minimum absolute atomic E-state index is 0.00822. The van der Waals surface area contributed by atoms with E-state index in [2.05, 4.69) is 64.8 Å². The molecule has 0 unspecified atom stereocenters. The van der Waals surface area contributed by atoms with Crippen molar-refractivity contribution in [1.82, 2.24) is 15.2 Å². The summed E-state index contributed by atoms with van der Waals surface area (Å²) in [4.78, 5) is 16.0. The van der Waals surface area contributed by atoms with Crippen molar-refractivity contribution in [2.24, 2.45) is 0 Å². The number of nitrogens with one attached hydrogen (secondary N) is 2. The summed E-state index contributed by atoms with van der Waals surface area (Å²) in [6, 6.07) is 13.4. The number of para-hydroxylation sites is 1. The van der Waals surface area contributed by atoms with Crippen molar-refractivity contribution in [2.45, 2.75) is 33.6 Å². The number of carbonyl (C=O) groups is 1. The van der Waals surface area contributed by atoms with Crippen LogP contribution in [0.15, 0.2) is 48.7 Å². The maximum Gasteiger partial charge on any atom is 0.249 e. The van der Waals surface area contributed by atoms with Crippen molar-refractivity contribution >= 4 is 28.9 Å². The molecule has 0 saturated carbocycles. The second-order valence-corrected chi connectivity index (χ2v) is 6.75. The molecule has 1 aromatic heterocycles. The van der Waals surface area contributed by atoms with Gasteiger partial charge in [-0.2, -0.15) is 10.1 Å². The van der Waals surface area contributed by atoms with E-state index < -0.39 is 0 Å². The van der Waals surface area contributed by atoms with Crippen LogP contribution in [-0.2, 0) is 0 Å². The second-order valence-electron chi connectivity index (χ2n) is 6.75. The first-order valence-corrected chi connectivity index (χ1v) is 8.88. The van der Waals surface area contributed by atoms with Crippen molar-refractivity contribution < 1.29 is 4.79 Å². The van der Waals surface area contributed by atoms with Crippen molar-refractivity contribution in [2.75, 3.05) is 10.6 Å². The van der Waals surface area contributed by atoms with Crippen LogP contribution in [0.3, 0.4) is 0 Å². The van der Waals surface area contributed by atoms with Crippen LogP contribution in [0.2, 0.25) is 0 Å². The summed E-state index contributed by atoms with van der Waals surface area (Å²) in [7, 11) is 0. The van der Waals surface area contributed by atoms with E-state index in [1.165, 1.54) is 12.5 Å². The topological polar surface area (TPSA) is 79.8 Å². The molecule has 0 aliphatic heterocycles. The number of nitrogens with zero attached hydrogens (tertiary/aromatic N) is 3. The highest BCUT2D eigenvalue weighted by molar-refractivity contribution is 5.95. The molecule has 0 amide bonds. The smallest absolute Gasteiger partial charge is 0.249 e.